The summed E-state index contributed by atoms with van der Waals surface area (Å²) in [6.07, 6.45) is 4.17. The van der Waals surface area contributed by atoms with Gasteiger partial charge in [-0.05, 0) is 30.2 Å². The highest BCUT2D eigenvalue weighted by Crippen LogP contribution is 2.23. The summed E-state index contributed by atoms with van der Waals surface area (Å²) in [7, 11) is 0. The molecule has 1 atom stereocenters. The highest BCUT2D eigenvalue weighted by molar-refractivity contribution is 9.10. The van der Waals surface area contributed by atoms with Crippen molar-refractivity contribution in [1.82, 2.24) is 0 Å². The summed E-state index contributed by atoms with van der Waals surface area (Å²) >= 11 is 3.33. The number of nitrogens with zero attached hydrogens (tertiary/aromatic N) is 1. The van der Waals surface area contributed by atoms with Gasteiger partial charge in [-0.3, -0.25) is 14.9 Å². The van der Waals surface area contributed by atoms with Crippen molar-refractivity contribution in [3.63, 3.8) is 0 Å². The molecule has 0 N–H and O–H groups in total. The molecule has 17 heavy (non-hydrogen) atoms. The topological polar surface area (TPSA) is 60.2 Å². The van der Waals surface area contributed by atoms with Crippen molar-refractivity contribution >= 4 is 22.2 Å². The van der Waals surface area contributed by atoms with Gasteiger partial charge in [0, 0.05) is 9.40 Å². The van der Waals surface area contributed by atoms with E-state index in [1.807, 2.05) is 24.3 Å². The van der Waals surface area contributed by atoms with Gasteiger partial charge in [-0.1, -0.05) is 34.1 Å². The van der Waals surface area contributed by atoms with Crippen LogP contribution in [0.2, 0.25) is 0 Å². The van der Waals surface area contributed by atoms with E-state index in [1.54, 1.807) is 6.08 Å². The normalized spacial score (nSPS) is 12.5. The van der Waals surface area contributed by atoms with E-state index in [1.165, 1.54) is 6.08 Å². The molecule has 0 aliphatic carbocycles. The minimum atomic E-state index is -0.333. The molecule has 0 saturated heterocycles. The molecule has 0 bridgehead atoms. The Labute approximate surface area is 108 Å². The largest absolute Gasteiger partial charge is 0.299 e. The average molecular weight is 298 g/mol. The Morgan fingerprint density at radius 2 is 2.24 bits per heavy atom. The maximum atomic E-state index is 10.6. The maximum absolute atomic E-state index is 10.6. The van der Waals surface area contributed by atoms with Crippen LogP contribution >= 0.6 is 15.9 Å². The van der Waals surface area contributed by atoms with Crippen LogP contribution in [0.1, 0.15) is 17.9 Å². The molecule has 0 heterocycles. The third kappa shape index (κ3) is 4.91. The number of hydrogen-bond acceptors (Lipinski definition) is 3. The first-order chi connectivity index (χ1) is 8.13. The Kier molecular flexibility index (Phi) is 5.56. The summed E-state index contributed by atoms with van der Waals surface area (Å²) in [5, 5.41) is 10.6. The standard InChI is InChI=1S/C12H12BrNO3/c13-12-6-3-5-10(8-12)11(9-14(16)17)4-1-2-7-15/h1-3,5-8,11H,4,9H2/b2-1+. The number of aldehydes is 1. The van der Waals surface area contributed by atoms with Crippen LogP contribution in [0.15, 0.2) is 40.9 Å². The Morgan fingerprint density at radius 1 is 1.47 bits per heavy atom. The van der Waals surface area contributed by atoms with E-state index in [9.17, 15) is 14.9 Å². The lowest BCUT2D eigenvalue weighted by molar-refractivity contribution is -0.483. The van der Waals surface area contributed by atoms with E-state index >= 15 is 0 Å². The number of carbonyl (C=O) groups is 1. The monoisotopic (exact) mass is 297 g/mol. The highest BCUT2D eigenvalue weighted by Gasteiger charge is 2.16. The zero-order valence-corrected chi connectivity index (χ0v) is 10.7. The Hall–Kier alpha value is -1.49. The minimum absolute atomic E-state index is 0.139. The molecule has 0 spiro atoms. The molecule has 4 nitrogen and oxygen atoms in total. The first-order valence-electron chi connectivity index (χ1n) is 5.11. The van der Waals surface area contributed by atoms with Gasteiger partial charge in [0.05, 0.1) is 5.92 Å². The van der Waals surface area contributed by atoms with Gasteiger partial charge in [0.15, 0.2) is 0 Å². The van der Waals surface area contributed by atoms with E-state index in [2.05, 4.69) is 15.9 Å². The lowest BCUT2D eigenvalue weighted by Gasteiger charge is -2.11. The Balaban J connectivity index is 2.84. The van der Waals surface area contributed by atoms with Crippen LogP contribution in [-0.4, -0.2) is 17.8 Å². The summed E-state index contributed by atoms with van der Waals surface area (Å²) in [4.78, 5) is 20.4. The van der Waals surface area contributed by atoms with Crippen LogP contribution in [0.25, 0.3) is 0 Å². The molecule has 0 saturated carbocycles. The molecule has 1 unspecified atom stereocenters. The fourth-order valence-corrected chi connectivity index (χ4v) is 1.97. The predicted molar refractivity (Wildman–Crippen MR) is 68.6 cm³/mol. The number of allylic oxidation sites excluding steroid dienone is 2. The van der Waals surface area contributed by atoms with Crippen molar-refractivity contribution in [2.45, 2.75) is 12.3 Å². The third-order valence-corrected chi connectivity index (χ3v) is 2.82. The second kappa shape index (κ2) is 6.96. The molecule has 5 heteroatoms. The fraction of sp³-hybridized carbons (Fsp3) is 0.250. The van der Waals surface area contributed by atoms with Gasteiger partial charge < -0.3 is 0 Å². The second-order valence-electron chi connectivity index (χ2n) is 3.57. The van der Waals surface area contributed by atoms with Crippen LogP contribution in [-0.2, 0) is 4.79 Å². The first-order valence-corrected chi connectivity index (χ1v) is 5.90. The molecule has 0 amide bonds. The lowest BCUT2D eigenvalue weighted by atomic mass is 9.96. The molecule has 0 aliphatic rings. The van der Waals surface area contributed by atoms with Crippen molar-refractivity contribution in [3.8, 4) is 0 Å². The van der Waals surface area contributed by atoms with Crippen molar-refractivity contribution in [3.05, 3.63) is 56.6 Å². The van der Waals surface area contributed by atoms with Crippen molar-refractivity contribution in [1.29, 1.82) is 0 Å². The van der Waals surface area contributed by atoms with Crippen molar-refractivity contribution in [2.24, 2.45) is 0 Å². The number of benzene rings is 1. The molecule has 0 fully saturated rings. The zero-order valence-electron chi connectivity index (χ0n) is 9.08. The number of hydrogen-bond donors (Lipinski definition) is 0. The van der Waals surface area contributed by atoms with Gasteiger partial charge in [-0.2, -0.15) is 0 Å². The van der Waals surface area contributed by atoms with Crippen LogP contribution in [0.4, 0.5) is 0 Å². The van der Waals surface area contributed by atoms with Crippen LogP contribution in [0, 0.1) is 10.1 Å². The van der Waals surface area contributed by atoms with Gasteiger partial charge >= 0.3 is 0 Å². The third-order valence-electron chi connectivity index (χ3n) is 2.32. The molecule has 1 aromatic carbocycles. The molecule has 1 rings (SSSR count). The maximum Gasteiger partial charge on any atom is 0.210 e. The van der Waals surface area contributed by atoms with E-state index in [0.717, 1.165) is 10.0 Å². The van der Waals surface area contributed by atoms with Crippen molar-refractivity contribution < 1.29 is 9.72 Å². The lowest BCUT2D eigenvalue weighted by Crippen LogP contribution is -2.12. The summed E-state index contributed by atoms with van der Waals surface area (Å²) in [5.41, 5.74) is 0.895. The molecule has 90 valence electrons. The van der Waals surface area contributed by atoms with E-state index in [0.29, 0.717) is 12.7 Å². The number of halogens is 1. The zero-order chi connectivity index (χ0) is 12.7. The van der Waals surface area contributed by atoms with Crippen LogP contribution < -0.4 is 0 Å². The summed E-state index contributed by atoms with van der Waals surface area (Å²) in [6.45, 7) is -0.139. The minimum Gasteiger partial charge on any atom is -0.299 e. The van der Waals surface area contributed by atoms with E-state index in [-0.39, 0.29) is 17.4 Å². The Morgan fingerprint density at radius 3 is 2.82 bits per heavy atom. The van der Waals surface area contributed by atoms with Gasteiger partial charge in [-0.25, -0.2) is 0 Å². The highest BCUT2D eigenvalue weighted by atomic mass is 79.9. The smallest absolute Gasteiger partial charge is 0.210 e. The summed E-state index contributed by atoms with van der Waals surface area (Å²) < 4.78 is 0.891. The molecular weight excluding hydrogens is 286 g/mol. The number of nitro groups is 1. The second-order valence-corrected chi connectivity index (χ2v) is 4.48. The van der Waals surface area contributed by atoms with Gasteiger partial charge in [0.2, 0.25) is 6.54 Å². The molecule has 0 aromatic heterocycles. The van der Waals surface area contributed by atoms with Gasteiger partial charge in [-0.15, -0.1) is 0 Å². The number of rotatable bonds is 6. The van der Waals surface area contributed by atoms with E-state index in [4.69, 9.17) is 0 Å². The molecule has 0 aliphatic heterocycles. The average Bonchev–Trinajstić information content (AvgIpc) is 2.27. The predicted octanol–water partition coefficient (Wildman–Crippen LogP) is 2.95. The van der Waals surface area contributed by atoms with E-state index < -0.39 is 0 Å². The molecule has 1 aromatic rings. The van der Waals surface area contributed by atoms with Gasteiger partial charge in [0.25, 0.3) is 0 Å². The van der Waals surface area contributed by atoms with Crippen LogP contribution in [0.3, 0.4) is 0 Å². The molecule has 0 radical (unpaired) electrons. The fourth-order valence-electron chi connectivity index (χ4n) is 1.55. The SMILES string of the molecule is O=C/C=C/CC(C[N+](=O)[O-])c1cccc(Br)c1. The quantitative estimate of drug-likeness (QED) is 0.351. The van der Waals surface area contributed by atoms with Gasteiger partial charge in [0.1, 0.15) is 6.29 Å². The molecular formula is C12H12BrNO3. The first kappa shape index (κ1) is 13.6. The van der Waals surface area contributed by atoms with Crippen LogP contribution in [0.5, 0.6) is 0 Å². The van der Waals surface area contributed by atoms with Crippen molar-refractivity contribution in [2.75, 3.05) is 6.54 Å². The Bertz CT molecular complexity index is 432. The number of carbonyl (C=O) groups excluding carboxylic acids is 1. The summed E-state index contributed by atoms with van der Waals surface area (Å²) in [6, 6.07) is 7.43. The summed E-state index contributed by atoms with van der Waals surface area (Å²) in [5.74, 6) is -0.210.